The number of hydrogen-bond acceptors (Lipinski definition) is 2. The maximum atomic E-state index is 10.5. The van der Waals surface area contributed by atoms with E-state index in [0.29, 0.717) is 4.58 Å². The van der Waals surface area contributed by atoms with Gasteiger partial charge in [0, 0.05) is 17.1 Å². The Morgan fingerprint density at radius 1 is 1.71 bits per heavy atom. The van der Waals surface area contributed by atoms with Gasteiger partial charge in [0.25, 0.3) is 0 Å². The van der Waals surface area contributed by atoms with Crippen molar-refractivity contribution in [1.29, 1.82) is 0 Å². The fourth-order valence-corrected chi connectivity index (χ4v) is 1.22. The molecule has 1 nitrogen and oxygen atoms in total. The van der Waals surface area contributed by atoms with Crippen molar-refractivity contribution in [3.05, 3.63) is 0 Å². The van der Waals surface area contributed by atoms with Gasteiger partial charge in [-0.15, -0.1) is 11.8 Å². The molecule has 0 aromatic rings. The normalized spacial score (nSPS) is 18.7. The van der Waals surface area contributed by atoms with Gasteiger partial charge in [0.15, 0.2) is 0 Å². The van der Waals surface area contributed by atoms with Crippen molar-refractivity contribution in [1.82, 2.24) is 0 Å². The van der Waals surface area contributed by atoms with E-state index in [9.17, 15) is 4.21 Å². The van der Waals surface area contributed by atoms with Crippen LogP contribution in [0.5, 0.6) is 0 Å². The van der Waals surface area contributed by atoms with Crippen molar-refractivity contribution in [2.24, 2.45) is 0 Å². The average molecular weight is 138 g/mol. The van der Waals surface area contributed by atoms with E-state index in [1.165, 1.54) is 0 Å². The van der Waals surface area contributed by atoms with Crippen LogP contribution >= 0.6 is 11.8 Å². The summed E-state index contributed by atoms with van der Waals surface area (Å²) in [7, 11) is -0.647. The first kappa shape index (κ1) is 7.50. The van der Waals surface area contributed by atoms with Gasteiger partial charge in [-0.05, 0) is 13.2 Å². The Morgan fingerprint density at radius 2 is 2.14 bits per heavy atom. The van der Waals surface area contributed by atoms with E-state index in [1.807, 2.05) is 13.2 Å². The highest BCUT2D eigenvalue weighted by molar-refractivity contribution is 8.10. The van der Waals surface area contributed by atoms with E-state index in [0.717, 1.165) is 0 Å². The first-order valence-electron chi connectivity index (χ1n) is 2.03. The second kappa shape index (κ2) is 3.50. The van der Waals surface area contributed by atoms with Crippen molar-refractivity contribution in [2.45, 2.75) is 11.5 Å². The van der Waals surface area contributed by atoms with E-state index >= 15 is 0 Å². The Kier molecular flexibility index (Phi) is 3.75. The molecule has 3 heteroatoms. The molecule has 0 spiro atoms. The van der Waals surface area contributed by atoms with Crippen molar-refractivity contribution >= 4 is 22.6 Å². The topological polar surface area (TPSA) is 17.1 Å². The lowest BCUT2D eigenvalue weighted by molar-refractivity contribution is 0.686. The maximum Gasteiger partial charge on any atom is 0.0767 e. The zero-order valence-electron chi connectivity index (χ0n) is 4.80. The molecule has 0 aliphatic carbocycles. The maximum absolute atomic E-state index is 10.5. The average Bonchev–Trinajstić information content (AvgIpc) is 1.65. The molecular formula is C4H10OS2. The zero-order valence-corrected chi connectivity index (χ0v) is 6.44. The lowest BCUT2D eigenvalue weighted by atomic mass is 11.0. The Balaban J connectivity index is 3.34. The second-order valence-electron chi connectivity index (χ2n) is 1.30. The van der Waals surface area contributed by atoms with Crippen LogP contribution in [0, 0.1) is 0 Å². The molecule has 0 N–H and O–H groups in total. The van der Waals surface area contributed by atoms with Gasteiger partial charge in [-0.25, -0.2) is 0 Å². The Morgan fingerprint density at radius 3 is 2.14 bits per heavy atom. The van der Waals surface area contributed by atoms with Crippen LogP contribution < -0.4 is 0 Å². The van der Waals surface area contributed by atoms with E-state index in [2.05, 4.69) is 0 Å². The summed E-state index contributed by atoms with van der Waals surface area (Å²) in [6.45, 7) is 1.96. The highest BCUT2D eigenvalue weighted by atomic mass is 32.2. The number of hydrogen-bond donors (Lipinski definition) is 0. The van der Waals surface area contributed by atoms with Crippen LogP contribution in [-0.4, -0.2) is 21.3 Å². The highest BCUT2D eigenvalue weighted by Crippen LogP contribution is 2.06. The van der Waals surface area contributed by atoms with Gasteiger partial charge in [-0.3, -0.25) is 4.21 Å². The van der Waals surface area contributed by atoms with Gasteiger partial charge in [0.1, 0.15) is 0 Å². The second-order valence-corrected chi connectivity index (χ2v) is 4.48. The van der Waals surface area contributed by atoms with E-state index in [1.54, 1.807) is 18.0 Å². The van der Waals surface area contributed by atoms with E-state index in [-0.39, 0.29) is 0 Å². The van der Waals surface area contributed by atoms with Gasteiger partial charge >= 0.3 is 0 Å². The Labute approximate surface area is 51.3 Å². The van der Waals surface area contributed by atoms with Gasteiger partial charge in [0.2, 0.25) is 0 Å². The molecule has 0 amide bonds. The van der Waals surface area contributed by atoms with Crippen LogP contribution in [0.15, 0.2) is 0 Å². The molecule has 2 atom stereocenters. The molecule has 0 aromatic heterocycles. The lowest BCUT2D eigenvalue weighted by Crippen LogP contribution is -2.01. The Bertz CT molecular complexity index is 72.1. The standard InChI is InChI=1S/C4H10OS2/c1-4(6-2)7(3)5/h4H,1-3H3. The SMILES string of the molecule is CSC(C)S(C)=O. The summed E-state index contributed by atoms with van der Waals surface area (Å²) in [6, 6.07) is 0. The van der Waals surface area contributed by atoms with Gasteiger partial charge in [-0.2, -0.15) is 0 Å². The number of rotatable bonds is 2. The summed E-state index contributed by atoms with van der Waals surface area (Å²) in [5.74, 6) is 0. The minimum absolute atomic E-state index is 0.292. The van der Waals surface area contributed by atoms with Crippen LogP contribution in [0.4, 0.5) is 0 Å². The lowest BCUT2D eigenvalue weighted by Gasteiger charge is -1.99. The molecule has 0 saturated carbocycles. The monoisotopic (exact) mass is 138 g/mol. The third-order valence-corrected chi connectivity index (χ3v) is 3.79. The van der Waals surface area contributed by atoms with Crippen LogP contribution in [0.2, 0.25) is 0 Å². The minimum atomic E-state index is -0.647. The predicted octanol–water partition coefficient (Wildman–Crippen LogP) is 1.07. The molecule has 7 heavy (non-hydrogen) atoms. The summed E-state index contributed by atoms with van der Waals surface area (Å²) in [4.78, 5) is 0. The summed E-state index contributed by atoms with van der Waals surface area (Å²) in [6.07, 6.45) is 3.69. The fraction of sp³-hybridized carbons (Fsp3) is 1.00. The van der Waals surface area contributed by atoms with Crippen LogP contribution in [0.1, 0.15) is 6.92 Å². The van der Waals surface area contributed by atoms with Gasteiger partial charge < -0.3 is 0 Å². The Hall–Kier alpha value is 0.500. The van der Waals surface area contributed by atoms with Crippen molar-refractivity contribution < 1.29 is 4.21 Å². The molecule has 0 aliphatic rings. The predicted molar refractivity (Wildman–Crippen MR) is 37.0 cm³/mol. The third kappa shape index (κ3) is 3.12. The smallest absolute Gasteiger partial charge is 0.0767 e. The molecule has 0 aromatic carbocycles. The van der Waals surface area contributed by atoms with Crippen LogP contribution in [0.3, 0.4) is 0 Å². The molecule has 0 radical (unpaired) electrons. The van der Waals surface area contributed by atoms with Crippen molar-refractivity contribution in [2.75, 3.05) is 12.5 Å². The number of thioether (sulfide) groups is 1. The molecule has 0 fully saturated rings. The molecule has 0 heterocycles. The molecule has 44 valence electrons. The molecule has 2 unspecified atom stereocenters. The molecule has 0 bridgehead atoms. The third-order valence-electron chi connectivity index (χ3n) is 0.799. The van der Waals surface area contributed by atoms with Crippen LogP contribution in [0.25, 0.3) is 0 Å². The minimum Gasteiger partial charge on any atom is -0.259 e. The molecule has 0 rings (SSSR count). The van der Waals surface area contributed by atoms with Crippen LogP contribution in [-0.2, 0) is 10.8 Å². The quantitative estimate of drug-likeness (QED) is 0.568. The summed E-state index contributed by atoms with van der Waals surface area (Å²) in [5, 5.41) is 0. The summed E-state index contributed by atoms with van der Waals surface area (Å²) < 4.78 is 10.8. The molecular weight excluding hydrogens is 128 g/mol. The fourth-order valence-electron chi connectivity index (χ4n) is 0.136. The molecule has 0 saturated heterocycles. The first-order valence-corrected chi connectivity index (χ1v) is 4.94. The first-order chi connectivity index (χ1) is 3.18. The van der Waals surface area contributed by atoms with Gasteiger partial charge in [-0.1, -0.05) is 0 Å². The summed E-state index contributed by atoms with van der Waals surface area (Å²) >= 11 is 1.63. The van der Waals surface area contributed by atoms with E-state index in [4.69, 9.17) is 0 Å². The van der Waals surface area contributed by atoms with Crippen molar-refractivity contribution in [3.63, 3.8) is 0 Å². The van der Waals surface area contributed by atoms with Crippen molar-refractivity contribution in [3.8, 4) is 0 Å². The van der Waals surface area contributed by atoms with E-state index < -0.39 is 10.8 Å². The largest absolute Gasteiger partial charge is 0.259 e. The zero-order chi connectivity index (χ0) is 5.86. The molecule has 0 aliphatic heterocycles. The highest BCUT2D eigenvalue weighted by Gasteiger charge is 1.99. The summed E-state index contributed by atoms with van der Waals surface area (Å²) in [5.41, 5.74) is 0. The van der Waals surface area contributed by atoms with Gasteiger partial charge in [0.05, 0.1) is 4.58 Å².